The fourth-order valence-corrected chi connectivity index (χ4v) is 4.29. The largest absolute Gasteiger partial charge is 0.357 e. The third-order valence-corrected chi connectivity index (χ3v) is 5.47. The SMILES string of the molecule is CCC(=O)N1c2ccccc2NC2=C(C(=O)CC(C)(C)C2)[C@@H]1c1cccnc1. The highest BCUT2D eigenvalue weighted by Gasteiger charge is 2.42. The van der Waals surface area contributed by atoms with Crippen molar-refractivity contribution in [3.05, 3.63) is 65.6 Å². The van der Waals surface area contributed by atoms with Crippen molar-refractivity contribution in [1.29, 1.82) is 0 Å². The summed E-state index contributed by atoms with van der Waals surface area (Å²) >= 11 is 0. The van der Waals surface area contributed by atoms with Crippen LogP contribution in [0.5, 0.6) is 0 Å². The van der Waals surface area contributed by atoms with Crippen LogP contribution in [0.25, 0.3) is 0 Å². The van der Waals surface area contributed by atoms with Crippen LogP contribution >= 0.6 is 0 Å². The number of carbonyl (C=O) groups excluding carboxylic acids is 2. The molecule has 5 heteroatoms. The van der Waals surface area contributed by atoms with Crippen molar-refractivity contribution in [3.63, 3.8) is 0 Å². The molecule has 1 amide bonds. The monoisotopic (exact) mass is 375 g/mol. The molecule has 1 N–H and O–H groups in total. The number of rotatable bonds is 2. The second kappa shape index (κ2) is 6.89. The van der Waals surface area contributed by atoms with E-state index in [9.17, 15) is 9.59 Å². The van der Waals surface area contributed by atoms with Crippen LogP contribution in [0.2, 0.25) is 0 Å². The lowest BCUT2D eigenvalue weighted by molar-refractivity contribution is -0.119. The van der Waals surface area contributed by atoms with Gasteiger partial charge in [-0.2, -0.15) is 0 Å². The topological polar surface area (TPSA) is 62.3 Å². The van der Waals surface area contributed by atoms with E-state index in [1.807, 2.05) is 43.3 Å². The summed E-state index contributed by atoms with van der Waals surface area (Å²) in [7, 11) is 0. The molecule has 2 aliphatic rings. The van der Waals surface area contributed by atoms with Gasteiger partial charge in [0, 0.05) is 36.5 Å². The molecule has 1 atom stereocenters. The minimum absolute atomic E-state index is 0.0190. The van der Waals surface area contributed by atoms with Crippen LogP contribution in [-0.2, 0) is 9.59 Å². The molecule has 1 aliphatic carbocycles. The van der Waals surface area contributed by atoms with Crippen LogP contribution in [-0.4, -0.2) is 16.7 Å². The summed E-state index contributed by atoms with van der Waals surface area (Å²) in [5.41, 5.74) is 3.97. The number of allylic oxidation sites excluding steroid dienone is 1. The number of para-hydroxylation sites is 2. The van der Waals surface area contributed by atoms with Crippen LogP contribution in [0.1, 0.15) is 51.6 Å². The van der Waals surface area contributed by atoms with Gasteiger partial charge < -0.3 is 5.32 Å². The number of ketones is 1. The molecule has 4 rings (SSSR count). The van der Waals surface area contributed by atoms with Crippen LogP contribution < -0.4 is 10.2 Å². The zero-order valence-corrected chi connectivity index (χ0v) is 16.5. The highest BCUT2D eigenvalue weighted by atomic mass is 16.2. The van der Waals surface area contributed by atoms with Crippen molar-refractivity contribution in [2.75, 3.05) is 10.2 Å². The third-order valence-electron chi connectivity index (χ3n) is 5.47. The van der Waals surface area contributed by atoms with Gasteiger partial charge in [-0.15, -0.1) is 0 Å². The number of fused-ring (bicyclic) bond motifs is 1. The zero-order valence-electron chi connectivity index (χ0n) is 16.5. The summed E-state index contributed by atoms with van der Waals surface area (Å²) in [5.74, 6) is 0.0730. The molecular formula is C23H25N3O2. The van der Waals surface area contributed by atoms with Gasteiger partial charge in [-0.05, 0) is 35.6 Å². The van der Waals surface area contributed by atoms with Gasteiger partial charge in [0.15, 0.2) is 5.78 Å². The Hall–Kier alpha value is -2.95. The molecule has 144 valence electrons. The first-order valence-corrected chi connectivity index (χ1v) is 9.75. The van der Waals surface area contributed by atoms with E-state index in [0.29, 0.717) is 18.4 Å². The number of hydrogen-bond acceptors (Lipinski definition) is 4. The number of benzene rings is 1. The van der Waals surface area contributed by atoms with Gasteiger partial charge in [-0.3, -0.25) is 19.5 Å². The van der Waals surface area contributed by atoms with E-state index < -0.39 is 6.04 Å². The van der Waals surface area contributed by atoms with Gasteiger partial charge in [0.1, 0.15) is 0 Å². The van der Waals surface area contributed by atoms with Gasteiger partial charge in [-0.1, -0.05) is 39.0 Å². The smallest absolute Gasteiger partial charge is 0.227 e. The summed E-state index contributed by atoms with van der Waals surface area (Å²) in [4.78, 5) is 32.5. The maximum absolute atomic E-state index is 13.3. The Labute approximate surface area is 165 Å². The Bertz CT molecular complexity index is 963. The van der Waals surface area contributed by atoms with Crippen molar-refractivity contribution in [2.45, 2.75) is 46.1 Å². The molecule has 0 saturated carbocycles. The summed E-state index contributed by atoms with van der Waals surface area (Å²) in [5, 5.41) is 3.50. The average Bonchev–Trinajstić information content (AvgIpc) is 2.81. The van der Waals surface area contributed by atoms with Crippen LogP contribution in [0, 0.1) is 5.41 Å². The van der Waals surface area contributed by atoms with Crippen molar-refractivity contribution < 1.29 is 9.59 Å². The number of hydrogen-bond donors (Lipinski definition) is 1. The molecule has 28 heavy (non-hydrogen) atoms. The number of amides is 1. The maximum atomic E-state index is 13.3. The maximum Gasteiger partial charge on any atom is 0.227 e. The minimum atomic E-state index is -0.476. The molecular weight excluding hydrogens is 350 g/mol. The number of nitrogens with zero attached hydrogens (tertiary/aromatic N) is 2. The Morgan fingerprint density at radius 1 is 1.21 bits per heavy atom. The minimum Gasteiger partial charge on any atom is -0.357 e. The quantitative estimate of drug-likeness (QED) is 0.831. The van der Waals surface area contributed by atoms with E-state index in [4.69, 9.17) is 0 Å². The van der Waals surface area contributed by atoms with Gasteiger partial charge in [0.2, 0.25) is 5.91 Å². The van der Waals surface area contributed by atoms with E-state index in [1.165, 1.54) is 0 Å². The predicted molar refractivity (Wildman–Crippen MR) is 110 cm³/mol. The molecule has 0 bridgehead atoms. The number of carbonyl (C=O) groups is 2. The van der Waals surface area contributed by atoms with Gasteiger partial charge in [0.05, 0.1) is 17.4 Å². The van der Waals surface area contributed by atoms with Crippen molar-refractivity contribution in [1.82, 2.24) is 4.98 Å². The van der Waals surface area contributed by atoms with Crippen LogP contribution in [0.3, 0.4) is 0 Å². The first-order chi connectivity index (χ1) is 13.4. The van der Waals surface area contributed by atoms with E-state index in [0.717, 1.165) is 29.1 Å². The van der Waals surface area contributed by atoms with Crippen molar-refractivity contribution >= 4 is 23.1 Å². The Balaban J connectivity index is 2.01. The van der Waals surface area contributed by atoms with Crippen molar-refractivity contribution in [3.8, 4) is 0 Å². The molecule has 1 aromatic carbocycles. The molecule has 0 unspecified atom stereocenters. The lowest BCUT2D eigenvalue weighted by Crippen LogP contribution is -2.39. The fraction of sp³-hybridized carbons (Fsp3) is 0.348. The molecule has 0 spiro atoms. The van der Waals surface area contributed by atoms with E-state index >= 15 is 0 Å². The number of aromatic nitrogens is 1. The first-order valence-electron chi connectivity index (χ1n) is 9.75. The molecule has 2 heterocycles. The van der Waals surface area contributed by atoms with Crippen molar-refractivity contribution in [2.24, 2.45) is 5.41 Å². The first kappa shape index (κ1) is 18.4. The summed E-state index contributed by atoms with van der Waals surface area (Å²) < 4.78 is 0. The molecule has 1 aliphatic heterocycles. The lowest BCUT2D eigenvalue weighted by atomic mass is 9.73. The van der Waals surface area contributed by atoms with Crippen LogP contribution in [0.15, 0.2) is 60.1 Å². The van der Waals surface area contributed by atoms with E-state index in [2.05, 4.69) is 24.1 Å². The summed E-state index contributed by atoms with van der Waals surface area (Å²) in [6.45, 7) is 6.08. The van der Waals surface area contributed by atoms with E-state index in [1.54, 1.807) is 17.3 Å². The normalized spacial score (nSPS) is 20.8. The predicted octanol–water partition coefficient (Wildman–Crippen LogP) is 4.63. The number of Topliss-reactive ketones (excluding diaryl/α,β-unsaturated/α-hetero) is 1. The van der Waals surface area contributed by atoms with Gasteiger partial charge in [0.25, 0.3) is 0 Å². The molecule has 1 aromatic heterocycles. The van der Waals surface area contributed by atoms with Crippen LogP contribution in [0.4, 0.5) is 11.4 Å². The summed E-state index contributed by atoms with van der Waals surface area (Å²) in [6.07, 6.45) is 5.04. The second-order valence-electron chi connectivity index (χ2n) is 8.28. The Morgan fingerprint density at radius 2 is 2.00 bits per heavy atom. The fourth-order valence-electron chi connectivity index (χ4n) is 4.29. The number of pyridine rings is 1. The second-order valence-corrected chi connectivity index (χ2v) is 8.28. The average molecular weight is 375 g/mol. The highest BCUT2D eigenvalue weighted by Crippen LogP contribution is 2.48. The zero-order chi connectivity index (χ0) is 19.9. The van der Waals surface area contributed by atoms with Gasteiger partial charge in [-0.25, -0.2) is 0 Å². The highest BCUT2D eigenvalue weighted by molar-refractivity contribution is 6.06. The molecule has 0 saturated heterocycles. The lowest BCUT2D eigenvalue weighted by Gasteiger charge is -2.37. The molecule has 2 aromatic rings. The molecule has 0 fully saturated rings. The van der Waals surface area contributed by atoms with Gasteiger partial charge >= 0.3 is 0 Å². The Kier molecular flexibility index (Phi) is 4.53. The van der Waals surface area contributed by atoms with E-state index in [-0.39, 0.29) is 17.1 Å². The number of nitrogens with one attached hydrogen (secondary N) is 1. The summed E-state index contributed by atoms with van der Waals surface area (Å²) in [6, 6.07) is 11.1. The molecule has 0 radical (unpaired) electrons. The molecule has 5 nitrogen and oxygen atoms in total. The number of anilines is 2. The standard InChI is InChI=1S/C23H25N3O2/c1-4-20(28)26-18-10-6-5-9-16(18)25-17-12-23(2,3)13-19(27)21(17)22(26)15-8-7-11-24-14-15/h5-11,14,22,25H,4,12-13H2,1-3H3/t22-/m0/s1. The Morgan fingerprint density at radius 3 is 2.71 bits per heavy atom. The third kappa shape index (κ3) is 3.11.